The van der Waals surface area contributed by atoms with E-state index in [-0.39, 0.29) is 0 Å². The fraction of sp³-hybridized carbons (Fsp3) is 0.278. The van der Waals surface area contributed by atoms with Gasteiger partial charge in [-0.05, 0) is 39.0 Å². The zero-order valence-electron chi connectivity index (χ0n) is 14.2. The Balaban J connectivity index is 2.16. The minimum Gasteiger partial charge on any atom is -0.493 e. The Kier molecular flexibility index (Phi) is 6.37. The summed E-state index contributed by atoms with van der Waals surface area (Å²) in [6.07, 6.45) is 3.48. The number of pyridine rings is 1. The Labute approximate surface area is 145 Å². The molecule has 1 unspecified atom stereocenters. The van der Waals surface area contributed by atoms with E-state index in [1.165, 1.54) is 0 Å². The van der Waals surface area contributed by atoms with Crippen molar-refractivity contribution in [1.82, 2.24) is 4.98 Å². The second-order valence-corrected chi connectivity index (χ2v) is 6.59. The second kappa shape index (κ2) is 8.49. The van der Waals surface area contributed by atoms with Gasteiger partial charge in [-0.25, -0.2) is 0 Å². The third-order valence-corrected chi connectivity index (χ3v) is 4.92. The average Bonchev–Trinajstić information content (AvgIpc) is 2.58. The lowest BCUT2D eigenvalue weighted by Crippen LogP contribution is -2.11. The van der Waals surface area contributed by atoms with Gasteiger partial charge in [0.05, 0.1) is 40.2 Å². The van der Waals surface area contributed by atoms with E-state index in [0.29, 0.717) is 23.1 Å². The number of anilines is 2. The van der Waals surface area contributed by atoms with E-state index in [2.05, 4.69) is 10.3 Å². The number of nitrogens with zero attached hydrogens (tertiary/aromatic N) is 1. The van der Waals surface area contributed by atoms with Gasteiger partial charge in [0.2, 0.25) is 0 Å². The molecule has 0 aliphatic carbocycles. The molecule has 128 valence electrons. The average molecular weight is 345 g/mol. The van der Waals surface area contributed by atoms with Crippen molar-refractivity contribution < 1.29 is 8.95 Å². The Morgan fingerprint density at radius 3 is 2.79 bits per heavy atom. The predicted octanol–water partition coefficient (Wildman–Crippen LogP) is 3.59. The molecule has 1 atom stereocenters. The molecular weight excluding hydrogens is 322 g/mol. The van der Waals surface area contributed by atoms with Crippen LogP contribution in [-0.4, -0.2) is 15.8 Å². The number of nitrogens with one attached hydrogen (secondary N) is 1. The molecule has 0 amide bonds. The summed E-state index contributed by atoms with van der Waals surface area (Å²) in [5.41, 5.74) is 8.97. The molecule has 6 heteroatoms. The number of hydrogen-bond donors (Lipinski definition) is 2. The molecular formula is C18H23N3O2S. The van der Waals surface area contributed by atoms with Crippen LogP contribution in [0.4, 0.5) is 11.4 Å². The van der Waals surface area contributed by atoms with Crippen LogP contribution < -0.4 is 15.8 Å². The molecule has 0 saturated heterocycles. The van der Waals surface area contributed by atoms with Gasteiger partial charge in [-0.3, -0.25) is 9.19 Å². The monoisotopic (exact) mass is 345 g/mol. The Morgan fingerprint density at radius 1 is 1.38 bits per heavy atom. The highest BCUT2D eigenvalue weighted by atomic mass is 32.2. The zero-order chi connectivity index (χ0) is 17.5. The maximum Gasteiger partial charge on any atom is 0.125 e. The molecule has 0 bridgehead atoms. The smallest absolute Gasteiger partial charge is 0.125 e. The minimum absolute atomic E-state index is 0.312. The van der Waals surface area contributed by atoms with Gasteiger partial charge in [0, 0.05) is 11.8 Å². The van der Waals surface area contributed by atoms with E-state index >= 15 is 0 Å². The summed E-state index contributed by atoms with van der Waals surface area (Å²) >= 11 is 0. The van der Waals surface area contributed by atoms with E-state index in [4.69, 9.17) is 10.5 Å². The van der Waals surface area contributed by atoms with Crippen LogP contribution in [0.2, 0.25) is 0 Å². The summed E-state index contributed by atoms with van der Waals surface area (Å²) in [4.78, 5) is 4.35. The van der Waals surface area contributed by atoms with Crippen molar-refractivity contribution in [3.63, 3.8) is 0 Å². The first kappa shape index (κ1) is 18.0. The van der Waals surface area contributed by atoms with Gasteiger partial charge in [0.15, 0.2) is 0 Å². The van der Waals surface area contributed by atoms with Crippen LogP contribution in [0.15, 0.2) is 47.6 Å². The van der Waals surface area contributed by atoms with Gasteiger partial charge in [0.1, 0.15) is 10.8 Å². The molecule has 0 fully saturated rings. The van der Waals surface area contributed by atoms with Crippen molar-refractivity contribution in [2.45, 2.75) is 26.5 Å². The lowest BCUT2D eigenvalue weighted by Gasteiger charge is -2.14. The summed E-state index contributed by atoms with van der Waals surface area (Å²) in [5.74, 6) is 1.09. The lowest BCUT2D eigenvalue weighted by atomic mass is 10.2. The molecule has 0 aliphatic heterocycles. The van der Waals surface area contributed by atoms with Gasteiger partial charge < -0.3 is 15.8 Å². The standard InChI is InChI=1S/C18H23N3O2S/c1-4-18(21-15-9-7-6-8-14(15)19)24(22)12-16-13(3)17(23-5-2)10-11-20-16/h4,6-11,21H,5,12,19H2,1-3H3/b18-4+. The van der Waals surface area contributed by atoms with E-state index in [1.807, 2.05) is 45.0 Å². The molecule has 24 heavy (non-hydrogen) atoms. The van der Waals surface area contributed by atoms with Crippen molar-refractivity contribution >= 4 is 22.2 Å². The van der Waals surface area contributed by atoms with Crippen LogP contribution in [0.5, 0.6) is 5.75 Å². The van der Waals surface area contributed by atoms with Crippen molar-refractivity contribution in [3.05, 3.63) is 58.9 Å². The first-order valence-electron chi connectivity index (χ1n) is 7.80. The van der Waals surface area contributed by atoms with Gasteiger partial charge in [0.25, 0.3) is 0 Å². The number of allylic oxidation sites excluding steroid dienone is 1. The van der Waals surface area contributed by atoms with Crippen molar-refractivity contribution in [2.75, 3.05) is 17.7 Å². The largest absolute Gasteiger partial charge is 0.493 e. The van der Waals surface area contributed by atoms with Crippen LogP contribution >= 0.6 is 0 Å². The highest BCUT2D eigenvalue weighted by Gasteiger charge is 2.14. The molecule has 0 saturated carbocycles. The van der Waals surface area contributed by atoms with Crippen LogP contribution in [0.3, 0.4) is 0 Å². The summed E-state index contributed by atoms with van der Waals surface area (Å²) in [6.45, 7) is 6.30. The van der Waals surface area contributed by atoms with Crippen molar-refractivity contribution in [1.29, 1.82) is 0 Å². The molecule has 0 radical (unpaired) electrons. The van der Waals surface area contributed by atoms with E-state index in [1.54, 1.807) is 18.3 Å². The number of rotatable bonds is 7. The number of nitrogens with two attached hydrogens (primary N) is 1. The lowest BCUT2D eigenvalue weighted by molar-refractivity contribution is 0.337. The first-order valence-corrected chi connectivity index (χ1v) is 9.12. The molecule has 0 spiro atoms. The molecule has 1 aromatic heterocycles. The predicted molar refractivity (Wildman–Crippen MR) is 100 cm³/mol. The molecule has 2 rings (SSSR count). The molecule has 1 aromatic carbocycles. The topological polar surface area (TPSA) is 77.2 Å². The molecule has 0 aliphatic rings. The van der Waals surface area contributed by atoms with Crippen LogP contribution in [0, 0.1) is 6.92 Å². The van der Waals surface area contributed by atoms with Crippen molar-refractivity contribution in [3.8, 4) is 5.75 Å². The third kappa shape index (κ3) is 4.35. The van der Waals surface area contributed by atoms with Gasteiger partial charge in [-0.1, -0.05) is 18.2 Å². The number of nitrogen functional groups attached to an aromatic ring is 1. The number of ether oxygens (including phenoxy) is 1. The maximum atomic E-state index is 12.7. The summed E-state index contributed by atoms with van der Waals surface area (Å²) in [7, 11) is -1.26. The van der Waals surface area contributed by atoms with Crippen LogP contribution in [0.1, 0.15) is 25.1 Å². The quantitative estimate of drug-likeness (QED) is 0.750. The van der Waals surface area contributed by atoms with Gasteiger partial charge in [-0.2, -0.15) is 0 Å². The Morgan fingerprint density at radius 2 is 2.12 bits per heavy atom. The zero-order valence-corrected chi connectivity index (χ0v) is 15.0. The van der Waals surface area contributed by atoms with E-state index < -0.39 is 10.8 Å². The van der Waals surface area contributed by atoms with E-state index in [0.717, 1.165) is 22.7 Å². The molecule has 5 nitrogen and oxygen atoms in total. The fourth-order valence-electron chi connectivity index (χ4n) is 2.22. The number of para-hydroxylation sites is 2. The second-order valence-electron chi connectivity index (χ2n) is 5.17. The van der Waals surface area contributed by atoms with Gasteiger partial charge in [-0.15, -0.1) is 0 Å². The number of hydrogen-bond acceptors (Lipinski definition) is 5. The van der Waals surface area contributed by atoms with Gasteiger partial charge >= 0.3 is 0 Å². The third-order valence-electron chi connectivity index (χ3n) is 3.55. The normalized spacial score (nSPS) is 12.7. The SMILES string of the molecule is C/C=C(\Nc1ccccc1N)S(=O)Cc1nccc(OCC)c1C. The number of aromatic nitrogens is 1. The van der Waals surface area contributed by atoms with Crippen LogP contribution in [-0.2, 0) is 16.6 Å². The minimum atomic E-state index is -1.26. The summed E-state index contributed by atoms with van der Waals surface area (Å²) in [6, 6.07) is 9.22. The van der Waals surface area contributed by atoms with E-state index in [9.17, 15) is 4.21 Å². The Bertz CT molecular complexity index is 760. The summed E-state index contributed by atoms with van der Waals surface area (Å²) in [5, 5.41) is 3.76. The Hall–Kier alpha value is -2.34. The van der Waals surface area contributed by atoms with Crippen LogP contribution in [0.25, 0.3) is 0 Å². The maximum absolute atomic E-state index is 12.7. The summed E-state index contributed by atoms with van der Waals surface area (Å²) < 4.78 is 18.3. The molecule has 3 N–H and O–H groups in total. The highest BCUT2D eigenvalue weighted by molar-refractivity contribution is 7.88. The fourth-order valence-corrected chi connectivity index (χ4v) is 3.40. The highest BCUT2D eigenvalue weighted by Crippen LogP contribution is 2.24. The number of benzene rings is 1. The first-order chi connectivity index (χ1) is 11.6. The molecule has 2 aromatic rings. The van der Waals surface area contributed by atoms with Crippen molar-refractivity contribution in [2.24, 2.45) is 0 Å². The molecule has 1 heterocycles.